The fourth-order valence-electron chi connectivity index (χ4n) is 1.54. The average molecular weight is 249 g/mol. The molecule has 0 amide bonds. The van der Waals surface area contributed by atoms with E-state index in [1.807, 2.05) is 25.1 Å². The lowest BCUT2D eigenvalue weighted by Gasteiger charge is -2.13. The van der Waals surface area contributed by atoms with Gasteiger partial charge < -0.3 is 14.8 Å². The van der Waals surface area contributed by atoms with Crippen LogP contribution in [-0.2, 0) is 6.54 Å². The van der Waals surface area contributed by atoms with E-state index in [1.54, 1.807) is 7.11 Å². The molecule has 0 bridgehead atoms. The highest BCUT2D eigenvalue weighted by Crippen LogP contribution is 2.25. The van der Waals surface area contributed by atoms with Crippen molar-refractivity contribution >= 4 is 0 Å². The minimum Gasteiger partial charge on any atom is -0.497 e. The number of ether oxygens (including phenoxy) is 2. The molecule has 3 nitrogen and oxygen atoms in total. The number of hydrogen-bond donors (Lipinski definition) is 1. The molecule has 1 rings (SSSR count). The van der Waals surface area contributed by atoms with Crippen molar-refractivity contribution in [2.24, 2.45) is 0 Å². The van der Waals surface area contributed by atoms with E-state index in [9.17, 15) is 0 Å². The smallest absolute Gasteiger partial charge is 0.127 e. The summed E-state index contributed by atoms with van der Waals surface area (Å²) >= 11 is 0. The standard InChI is InChI=1S/C15H23NO2/c1-5-16-11-13-6-7-14(17-4)10-15(13)18-9-8-12(2)3/h6-7,10,16H,2,5,8-9,11H2,1,3-4H3. The minimum absolute atomic E-state index is 0.654. The van der Waals surface area contributed by atoms with Crippen LogP contribution in [0.5, 0.6) is 11.5 Å². The second kappa shape index (κ2) is 7.77. The van der Waals surface area contributed by atoms with E-state index in [1.165, 1.54) is 0 Å². The summed E-state index contributed by atoms with van der Waals surface area (Å²) in [5.41, 5.74) is 2.28. The second-order valence-corrected chi connectivity index (χ2v) is 4.31. The summed E-state index contributed by atoms with van der Waals surface area (Å²) in [6.07, 6.45) is 0.873. The van der Waals surface area contributed by atoms with Crippen molar-refractivity contribution in [1.82, 2.24) is 5.32 Å². The van der Waals surface area contributed by atoms with Crippen LogP contribution in [0.25, 0.3) is 0 Å². The SMILES string of the molecule is C=C(C)CCOc1cc(OC)ccc1CNCC. The summed E-state index contributed by atoms with van der Waals surface area (Å²) in [7, 11) is 1.66. The molecule has 0 heterocycles. The van der Waals surface area contributed by atoms with Gasteiger partial charge >= 0.3 is 0 Å². The third-order valence-electron chi connectivity index (χ3n) is 2.63. The van der Waals surface area contributed by atoms with Crippen LogP contribution in [0.2, 0.25) is 0 Å². The Morgan fingerprint density at radius 1 is 1.39 bits per heavy atom. The summed E-state index contributed by atoms with van der Waals surface area (Å²) in [5.74, 6) is 1.71. The first-order valence-corrected chi connectivity index (χ1v) is 6.32. The Bertz CT molecular complexity index is 388. The van der Waals surface area contributed by atoms with Crippen LogP contribution in [-0.4, -0.2) is 20.3 Å². The highest BCUT2D eigenvalue weighted by Gasteiger charge is 2.05. The second-order valence-electron chi connectivity index (χ2n) is 4.31. The Morgan fingerprint density at radius 2 is 2.17 bits per heavy atom. The van der Waals surface area contributed by atoms with Crippen LogP contribution in [0.4, 0.5) is 0 Å². The van der Waals surface area contributed by atoms with Crippen LogP contribution in [0.1, 0.15) is 25.8 Å². The summed E-state index contributed by atoms with van der Waals surface area (Å²) in [5, 5.41) is 3.30. The summed E-state index contributed by atoms with van der Waals surface area (Å²) < 4.78 is 11.0. The third-order valence-corrected chi connectivity index (χ3v) is 2.63. The molecule has 0 spiro atoms. The van der Waals surface area contributed by atoms with E-state index in [-0.39, 0.29) is 0 Å². The van der Waals surface area contributed by atoms with Crippen molar-refractivity contribution in [1.29, 1.82) is 0 Å². The van der Waals surface area contributed by atoms with Gasteiger partial charge in [-0.2, -0.15) is 0 Å². The largest absolute Gasteiger partial charge is 0.497 e. The maximum atomic E-state index is 5.81. The van der Waals surface area contributed by atoms with Crippen molar-refractivity contribution in [2.45, 2.75) is 26.8 Å². The Hall–Kier alpha value is -1.48. The predicted octanol–water partition coefficient (Wildman–Crippen LogP) is 3.15. The van der Waals surface area contributed by atoms with Crippen molar-refractivity contribution in [3.05, 3.63) is 35.9 Å². The topological polar surface area (TPSA) is 30.5 Å². The van der Waals surface area contributed by atoms with E-state index in [2.05, 4.69) is 18.8 Å². The van der Waals surface area contributed by atoms with Gasteiger partial charge in [0.2, 0.25) is 0 Å². The first-order chi connectivity index (χ1) is 8.67. The van der Waals surface area contributed by atoms with Gasteiger partial charge in [0.05, 0.1) is 13.7 Å². The molecule has 0 saturated heterocycles. The molecular weight excluding hydrogens is 226 g/mol. The molecule has 0 aliphatic heterocycles. The highest BCUT2D eigenvalue weighted by atomic mass is 16.5. The molecule has 0 unspecified atom stereocenters. The maximum Gasteiger partial charge on any atom is 0.127 e. The van der Waals surface area contributed by atoms with Gasteiger partial charge in [-0.3, -0.25) is 0 Å². The van der Waals surface area contributed by atoms with E-state index < -0.39 is 0 Å². The number of rotatable bonds is 8. The normalized spacial score (nSPS) is 10.2. The highest BCUT2D eigenvalue weighted by molar-refractivity contribution is 5.40. The van der Waals surface area contributed by atoms with Crippen LogP contribution < -0.4 is 14.8 Å². The van der Waals surface area contributed by atoms with Crippen molar-refractivity contribution in [3.8, 4) is 11.5 Å². The summed E-state index contributed by atoms with van der Waals surface area (Å²) in [6, 6.07) is 5.93. The monoisotopic (exact) mass is 249 g/mol. The lowest BCUT2D eigenvalue weighted by Crippen LogP contribution is -2.13. The zero-order valence-corrected chi connectivity index (χ0v) is 11.6. The quantitative estimate of drug-likeness (QED) is 0.718. The fraction of sp³-hybridized carbons (Fsp3) is 0.467. The molecule has 1 aromatic rings. The molecule has 0 atom stereocenters. The molecule has 1 N–H and O–H groups in total. The van der Waals surface area contributed by atoms with Gasteiger partial charge in [0, 0.05) is 24.6 Å². The van der Waals surface area contributed by atoms with Gasteiger partial charge in [-0.25, -0.2) is 0 Å². The number of nitrogens with one attached hydrogen (secondary N) is 1. The number of hydrogen-bond acceptors (Lipinski definition) is 3. The molecule has 18 heavy (non-hydrogen) atoms. The lowest BCUT2D eigenvalue weighted by atomic mass is 10.2. The number of benzene rings is 1. The van der Waals surface area contributed by atoms with Gasteiger partial charge in [-0.05, 0) is 19.5 Å². The van der Waals surface area contributed by atoms with Gasteiger partial charge in [-0.15, -0.1) is 6.58 Å². The molecular formula is C15H23NO2. The molecule has 3 heteroatoms. The van der Waals surface area contributed by atoms with Crippen LogP contribution in [0.3, 0.4) is 0 Å². The van der Waals surface area contributed by atoms with E-state index in [4.69, 9.17) is 9.47 Å². The lowest BCUT2D eigenvalue weighted by molar-refractivity contribution is 0.314. The summed E-state index contributed by atoms with van der Waals surface area (Å²) in [6.45, 7) is 10.4. The number of methoxy groups -OCH3 is 1. The van der Waals surface area contributed by atoms with Gasteiger partial charge in [-0.1, -0.05) is 18.6 Å². The van der Waals surface area contributed by atoms with Crippen molar-refractivity contribution < 1.29 is 9.47 Å². The Morgan fingerprint density at radius 3 is 2.78 bits per heavy atom. The minimum atomic E-state index is 0.654. The van der Waals surface area contributed by atoms with E-state index >= 15 is 0 Å². The predicted molar refractivity (Wildman–Crippen MR) is 75.3 cm³/mol. The zero-order valence-electron chi connectivity index (χ0n) is 11.6. The summed E-state index contributed by atoms with van der Waals surface area (Å²) in [4.78, 5) is 0. The van der Waals surface area contributed by atoms with E-state index in [0.29, 0.717) is 6.61 Å². The van der Waals surface area contributed by atoms with Crippen LogP contribution >= 0.6 is 0 Å². The average Bonchev–Trinajstić information content (AvgIpc) is 2.36. The molecule has 0 radical (unpaired) electrons. The first kappa shape index (κ1) is 14.6. The molecule has 100 valence electrons. The van der Waals surface area contributed by atoms with Crippen LogP contribution in [0, 0.1) is 0 Å². The molecule has 0 saturated carbocycles. The molecule has 0 aliphatic carbocycles. The Balaban J connectivity index is 2.72. The van der Waals surface area contributed by atoms with Crippen LogP contribution in [0.15, 0.2) is 30.4 Å². The van der Waals surface area contributed by atoms with Gasteiger partial charge in [0.1, 0.15) is 11.5 Å². The van der Waals surface area contributed by atoms with Gasteiger partial charge in [0.25, 0.3) is 0 Å². The van der Waals surface area contributed by atoms with E-state index in [0.717, 1.165) is 42.1 Å². The molecule has 0 fully saturated rings. The van der Waals surface area contributed by atoms with Crippen molar-refractivity contribution in [3.63, 3.8) is 0 Å². The third kappa shape index (κ3) is 4.80. The molecule has 1 aromatic carbocycles. The van der Waals surface area contributed by atoms with Crippen molar-refractivity contribution in [2.75, 3.05) is 20.3 Å². The zero-order chi connectivity index (χ0) is 13.4. The Labute approximate surface area is 110 Å². The fourth-order valence-corrected chi connectivity index (χ4v) is 1.54. The maximum absolute atomic E-state index is 5.81. The first-order valence-electron chi connectivity index (χ1n) is 6.32. The molecule has 0 aliphatic rings. The van der Waals surface area contributed by atoms with Gasteiger partial charge in [0.15, 0.2) is 0 Å². The molecule has 0 aromatic heterocycles. The Kier molecular flexibility index (Phi) is 6.29.